The predicted molar refractivity (Wildman–Crippen MR) is 57.4 cm³/mol. The fourth-order valence-electron chi connectivity index (χ4n) is 1.22. The predicted octanol–water partition coefficient (Wildman–Crippen LogP) is 3.09. The molecule has 1 saturated carbocycles. The van der Waals surface area contributed by atoms with Gasteiger partial charge in [-0.3, -0.25) is 0 Å². The van der Waals surface area contributed by atoms with Gasteiger partial charge in [-0.05, 0) is 24.7 Å². The van der Waals surface area contributed by atoms with Crippen LogP contribution < -0.4 is 5.32 Å². The highest BCUT2D eigenvalue weighted by molar-refractivity contribution is 7.15. The van der Waals surface area contributed by atoms with Crippen LogP contribution in [0.2, 0.25) is 0 Å². The smallest absolute Gasteiger partial charge is 0.182 e. The summed E-state index contributed by atoms with van der Waals surface area (Å²) in [6.45, 7) is 5.45. The molecule has 1 aromatic heterocycles. The van der Waals surface area contributed by atoms with E-state index in [9.17, 15) is 0 Å². The average molecular weight is 196 g/mol. The summed E-state index contributed by atoms with van der Waals surface area (Å²) in [7, 11) is 0. The average Bonchev–Trinajstić information content (AvgIpc) is 2.83. The van der Waals surface area contributed by atoms with Gasteiger partial charge in [-0.2, -0.15) is 0 Å². The second-order valence-corrected chi connectivity index (χ2v) is 5.18. The lowest BCUT2D eigenvalue weighted by Gasteiger charge is -2.04. The molecule has 1 aliphatic rings. The van der Waals surface area contributed by atoms with Crippen molar-refractivity contribution in [3.05, 3.63) is 11.1 Å². The van der Waals surface area contributed by atoms with E-state index in [0.29, 0.717) is 5.92 Å². The van der Waals surface area contributed by atoms with E-state index in [1.165, 1.54) is 17.7 Å². The van der Waals surface area contributed by atoms with Crippen molar-refractivity contribution in [3.63, 3.8) is 0 Å². The largest absolute Gasteiger partial charge is 0.361 e. The number of thiazole rings is 1. The second-order valence-electron chi connectivity index (χ2n) is 4.12. The minimum absolute atomic E-state index is 0.688. The van der Waals surface area contributed by atoms with E-state index in [1.807, 2.05) is 17.5 Å². The lowest BCUT2D eigenvalue weighted by atomic mass is 10.2. The molecule has 0 unspecified atom stereocenters. The van der Waals surface area contributed by atoms with Gasteiger partial charge in [-0.15, -0.1) is 11.3 Å². The van der Waals surface area contributed by atoms with Gasteiger partial charge >= 0.3 is 0 Å². The Balaban J connectivity index is 1.89. The standard InChI is InChI=1S/C10H16N2S/c1-7(2)5-11-10-12-6-9(13-10)8-3-4-8/h6-8H,3-5H2,1-2H3,(H,11,12). The van der Waals surface area contributed by atoms with Crippen molar-refractivity contribution in [2.24, 2.45) is 5.92 Å². The molecule has 1 aromatic rings. The summed E-state index contributed by atoms with van der Waals surface area (Å²) >= 11 is 1.82. The van der Waals surface area contributed by atoms with Crippen molar-refractivity contribution in [3.8, 4) is 0 Å². The summed E-state index contributed by atoms with van der Waals surface area (Å²) in [5, 5.41) is 4.45. The van der Waals surface area contributed by atoms with Crippen molar-refractivity contribution in [2.75, 3.05) is 11.9 Å². The summed E-state index contributed by atoms with van der Waals surface area (Å²) in [5.41, 5.74) is 0. The number of anilines is 1. The fraction of sp³-hybridized carbons (Fsp3) is 0.700. The van der Waals surface area contributed by atoms with Crippen LogP contribution in [-0.4, -0.2) is 11.5 Å². The zero-order valence-electron chi connectivity index (χ0n) is 8.21. The molecule has 72 valence electrons. The van der Waals surface area contributed by atoms with E-state index in [4.69, 9.17) is 0 Å². The number of hydrogen-bond acceptors (Lipinski definition) is 3. The molecule has 1 aliphatic carbocycles. The molecule has 2 nitrogen and oxygen atoms in total. The monoisotopic (exact) mass is 196 g/mol. The third-order valence-electron chi connectivity index (χ3n) is 2.16. The van der Waals surface area contributed by atoms with Gasteiger partial charge in [0, 0.05) is 17.6 Å². The molecular formula is C10H16N2S. The van der Waals surface area contributed by atoms with E-state index in [-0.39, 0.29) is 0 Å². The van der Waals surface area contributed by atoms with Crippen LogP contribution in [0.5, 0.6) is 0 Å². The summed E-state index contributed by atoms with van der Waals surface area (Å²) in [6, 6.07) is 0. The van der Waals surface area contributed by atoms with Crippen LogP contribution in [0.15, 0.2) is 6.20 Å². The molecule has 13 heavy (non-hydrogen) atoms. The molecule has 0 aliphatic heterocycles. The number of nitrogens with zero attached hydrogens (tertiary/aromatic N) is 1. The van der Waals surface area contributed by atoms with Crippen LogP contribution >= 0.6 is 11.3 Å². The van der Waals surface area contributed by atoms with Crippen molar-refractivity contribution >= 4 is 16.5 Å². The first-order valence-corrected chi connectivity index (χ1v) is 5.77. The molecule has 1 N–H and O–H groups in total. The van der Waals surface area contributed by atoms with Crippen molar-refractivity contribution in [1.29, 1.82) is 0 Å². The molecule has 0 radical (unpaired) electrons. The molecule has 0 spiro atoms. The quantitative estimate of drug-likeness (QED) is 0.800. The SMILES string of the molecule is CC(C)CNc1ncc(C2CC2)s1. The van der Waals surface area contributed by atoms with E-state index < -0.39 is 0 Å². The molecule has 1 fully saturated rings. The van der Waals surface area contributed by atoms with Gasteiger partial charge in [0.2, 0.25) is 0 Å². The highest BCUT2D eigenvalue weighted by Gasteiger charge is 2.25. The molecule has 3 heteroatoms. The minimum atomic E-state index is 0.688. The lowest BCUT2D eigenvalue weighted by Crippen LogP contribution is -2.07. The maximum Gasteiger partial charge on any atom is 0.182 e. The number of hydrogen-bond donors (Lipinski definition) is 1. The Kier molecular flexibility index (Phi) is 2.54. The first-order chi connectivity index (χ1) is 6.25. The number of nitrogens with one attached hydrogen (secondary N) is 1. The van der Waals surface area contributed by atoms with Gasteiger partial charge in [-0.1, -0.05) is 13.8 Å². The maximum atomic E-state index is 4.36. The molecule has 0 atom stereocenters. The number of aromatic nitrogens is 1. The van der Waals surface area contributed by atoms with E-state index >= 15 is 0 Å². The van der Waals surface area contributed by atoms with Crippen molar-refractivity contribution < 1.29 is 0 Å². The molecule has 0 amide bonds. The number of rotatable bonds is 4. The first kappa shape index (κ1) is 9.00. The van der Waals surface area contributed by atoms with E-state index in [0.717, 1.165) is 17.6 Å². The lowest BCUT2D eigenvalue weighted by molar-refractivity contribution is 0.688. The van der Waals surface area contributed by atoms with Gasteiger partial charge in [0.15, 0.2) is 5.13 Å². The third-order valence-corrected chi connectivity index (χ3v) is 3.28. The Labute approximate surface area is 83.4 Å². The molecule has 0 bridgehead atoms. The maximum absolute atomic E-state index is 4.36. The van der Waals surface area contributed by atoms with Gasteiger partial charge < -0.3 is 5.32 Å². The molecule has 0 aromatic carbocycles. The van der Waals surface area contributed by atoms with Crippen LogP contribution in [0, 0.1) is 5.92 Å². The zero-order valence-corrected chi connectivity index (χ0v) is 9.03. The fourth-order valence-corrected chi connectivity index (χ4v) is 2.21. The highest BCUT2D eigenvalue weighted by Crippen LogP contribution is 2.43. The minimum Gasteiger partial charge on any atom is -0.361 e. The van der Waals surface area contributed by atoms with Crippen LogP contribution in [0.4, 0.5) is 5.13 Å². The summed E-state index contributed by atoms with van der Waals surface area (Å²) < 4.78 is 0. The Bertz CT molecular complexity index is 276. The van der Waals surface area contributed by atoms with Gasteiger partial charge in [0.05, 0.1) is 0 Å². The topological polar surface area (TPSA) is 24.9 Å². The van der Waals surface area contributed by atoms with E-state index in [1.54, 1.807) is 0 Å². The van der Waals surface area contributed by atoms with Crippen LogP contribution in [0.3, 0.4) is 0 Å². The highest BCUT2D eigenvalue weighted by atomic mass is 32.1. The summed E-state index contributed by atoms with van der Waals surface area (Å²) in [4.78, 5) is 5.82. The molecular weight excluding hydrogens is 180 g/mol. The Morgan fingerprint density at radius 3 is 3.00 bits per heavy atom. The molecule has 1 heterocycles. The molecule has 0 saturated heterocycles. The van der Waals surface area contributed by atoms with Crippen molar-refractivity contribution in [2.45, 2.75) is 32.6 Å². The summed E-state index contributed by atoms with van der Waals surface area (Å²) in [5.74, 6) is 1.53. The van der Waals surface area contributed by atoms with E-state index in [2.05, 4.69) is 24.1 Å². The zero-order chi connectivity index (χ0) is 9.26. The van der Waals surface area contributed by atoms with Crippen LogP contribution in [-0.2, 0) is 0 Å². The first-order valence-electron chi connectivity index (χ1n) is 4.95. The summed E-state index contributed by atoms with van der Waals surface area (Å²) in [6.07, 6.45) is 4.77. The Morgan fingerprint density at radius 1 is 1.62 bits per heavy atom. The van der Waals surface area contributed by atoms with Gasteiger partial charge in [-0.25, -0.2) is 4.98 Å². The Hall–Kier alpha value is -0.570. The van der Waals surface area contributed by atoms with Crippen LogP contribution in [0.1, 0.15) is 37.5 Å². The molecule has 2 rings (SSSR count). The third kappa shape index (κ3) is 2.44. The van der Waals surface area contributed by atoms with Gasteiger partial charge in [0.1, 0.15) is 0 Å². The Morgan fingerprint density at radius 2 is 2.38 bits per heavy atom. The van der Waals surface area contributed by atoms with Crippen molar-refractivity contribution in [1.82, 2.24) is 4.98 Å². The normalized spacial score (nSPS) is 16.5. The van der Waals surface area contributed by atoms with Crippen LogP contribution in [0.25, 0.3) is 0 Å². The second kappa shape index (κ2) is 3.66. The van der Waals surface area contributed by atoms with Gasteiger partial charge in [0.25, 0.3) is 0 Å².